The number of ketones is 1. The number of anilines is 1. The molecule has 218 valence electrons. The summed E-state index contributed by atoms with van der Waals surface area (Å²) in [5, 5.41) is 2.29. The number of benzene rings is 2. The highest BCUT2D eigenvalue weighted by Crippen LogP contribution is 2.46. The fraction of sp³-hybridized carbons (Fsp3) is 0.517. The van der Waals surface area contributed by atoms with Crippen LogP contribution in [0.15, 0.2) is 36.4 Å². The van der Waals surface area contributed by atoms with Gasteiger partial charge in [-0.05, 0) is 63.4 Å². The van der Waals surface area contributed by atoms with E-state index in [2.05, 4.69) is 28.4 Å². The summed E-state index contributed by atoms with van der Waals surface area (Å²) in [5.74, 6) is 1.13. The fourth-order valence-electron chi connectivity index (χ4n) is 3.72. The third-order valence-corrected chi connectivity index (χ3v) is 5.97. The molecule has 0 radical (unpaired) electrons. The van der Waals surface area contributed by atoms with Crippen LogP contribution in [0, 0.1) is 5.92 Å². The molecular formula is C29H40F4NO3PS. The van der Waals surface area contributed by atoms with Gasteiger partial charge in [-0.1, -0.05) is 53.9 Å². The van der Waals surface area contributed by atoms with Crippen molar-refractivity contribution in [2.45, 2.75) is 71.6 Å². The minimum Gasteiger partial charge on any atom is -0.493 e. The van der Waals surface area contributed by atoms with Crippen molar-refractivity contribution in [3.8, 4) is 5.75 Å². The van der Waals surface area contributed by atoms with Crippen LogP contribution < -0.4 is 10.1 Å². The van der Waals surface area contributed by atoms with Gasteiger partial charge in [-0.2, -0.15) is 13.2 Å². The lowest BCUT2D eigenvalue weighted by atomic mass is 9.91. The smallest absolute Gasteiger partial charge is 0.416 e. The van der Waals surface area contributed by atoms with Crippen LogP contribution in [0.1, 0.15) is 82.2 Å². The molecule has 1 N–H and O–H groups in total. The van der Waals surface area contributed by atoms with Gasteiger partial charge in [-0.25, -0.2) is 4.39 Å². The largest absolute Gasteiger partial charge is 0.493 e. The average Bonchev–Trinajstić information content (AvgIpc) is 3.70. The van der Waals surface area contributed by atoms with Crippen molar-refractivity contribution < 1.29 is 31.8 Å². The second-order valence-corrected chi connectivity index (χ2v) is 10.7. The van der Waals surface area contributed by atoms with Crippen LogP contribution in [-0.2, 0) is 21.1 Å². The molecule has 1 saturated carbocycles. The first-order valence-electron chi connectivity index (χ1n) is 12.9. The number of carbonyl (C=O) groups is 1. The molecule has 0 amide bonds. The Bertz CT molecular complexity index is 1070. The number of hydrogen-bond acceptors (Lipinski definition) is 5. The Hall–Kier alpha value is -2.09. The molecule has 39 heavy (non-hydrogen) atoms. The zero-order chi connectivity index (χ0) is 29.8. The van der Waals surface area contributed by atoms with E-state index in [0.29, 0.717) is 35.3 Å². The van der Waals surface area contributed by atoms with Crippen LogP contribution in [-0.4, -0.2) is 31.4 Å². The van der Waals surface area contributed by atoms with E-state index >= 15 is 4.39 Å². The van der Waals surface area contributed by atoms with E-state index in [9.17, 15) is 18.0 Å². The molecular weight excluding hydrogens is 549 g/mol. The predicted molar refractivity (Wildman–Crippen MR) is 158 cm³/mol. The van der Waals surface area contributed by atoms with Crippen molar-refractivity contribution in [1.82, 2.24) is 0 Å². The van der Waals surface area contributed by atoms with Crippen LogP contribution in [0.3, 0.4) is 0 Å². The maximum atomic E-state index is 15.2. The lowest BCUT2D eigenvalue weighted by molar-refractivity contribution is -0.137. The van der Waals surface area contributed by atoms with Crippen molar-refractivity contribution in [3.63, 3.8) is 0 Å². The van der Waals surface area contributed by atoms with E-state index in [0.717, 1.165) is 25.0 Å². The molecule has 10 heteroatoms. The normalized spacial score (nSPS) is 14.9. The zero-order valence-corrected chi connectivity index (χ0v) is 25.4. The SMILES string of the molecule is CC(=O)C1CC1.CCC.CCOc1cccc(C(OCC=S)c2cc(C(F)(F)F)ccc2NC)c1C(C)(F)P. The van der Waals surface area contributed by atoms with Crippen LogP contribution in [0.25, 0.3) is 0 Å². The summed E-state index contributed by atoms with van der Waals surface area (Å²) in [6.45, 7) is 9.30. The quantitative estimate of drug-likeness (QED) is 0.171. The number of alkyl halides is 4. The molecule has 1 fully saturated rings. The molecule has 0 spiro atoms. The van der Waals surface area contributed by atoms with Gasteiger partial charge in [-0.15, -0.1) is 0 Å². The molecule has 4 nitrogen and oxygen atoms in total. The van der Waals surface area contributed by atoms with Gasteiger partial charge in [0.15, 0.2) is 0 Å². The fourth-order valence-corrected chi connectivity index (χ4v) is 4.11. The number of hydrogen-bond donors (Lipinski definition) is 1. The number of rotatable bonds is 10. The maximum Gasteiger partial charge on any atom is 0.416 e. The van der Waals surface area contributed by atoms with Gasteiger partial charge in [0.25, 0.3) is 0 Å². The molecule has 0 heterocycles. The average molecular weight is 590 g/mol. The van der Waals surface area contributed by atoms with Gasteiger partial charge < -0.3 is 14.8 Å². The Labute approximate surface area is 237 Å². The van der Waals surface area contributed by atoms with Gasteiger partial charge in [0.1, 0.15) is 23.0 Å². The topological polar surface area (TPSA) is 47.6 Å². The van der Waals surface area contributed by atoms with E-state index in [1.54, 1.807) is 39.1 Å². The van der Waals surface area contributed by atoms with Gasteiger partial charge in [0.2, 0.25) is 0 Å². The predicted octanol–water partition coefficient (Wildman–Crippen LogP) is 8.67. The van der Waals surface area contributed by atoms with E-state index in [1.807, 2.05) is 0 Å². The highest BCUT2D eigenvalue weighted by molar-refractivity contribution is 7.79. The molecule has 1 aliphatic carbocycles. The molecule has 1 aliphatic rings. The molecule has 0 aliphatic heterocycles. The summed E-state index contributed by atoms with van der Waals surface area (Å²) in [4.78, 5) is 10.2. The van der Waals surface area contributed by atoms with E-state index in [-0.39, 0.29) is 17.7 Å². The number of Topliss-reactive ketones (excluding diaryl/α,β-unsaturated/α-hetero) is 1. The first-order chi connectivity index (χ1) is 18.3. The molecule has 0 bridgehead atoms. The number of halogens is 4. The summed E-state index contributed by atoms with van der Waals surface area (Å²) in [6.07, 6.45) is -2.01. The summed E-state index contributed by atoms with van der Waals surface area (Å²) < 4.78 is 66.8. The van der Waals surface area contributed by atoms with Crippen molar-refractivity contribution >= 4 is 38.3 Å². The van der Waals surface area contributed by atoms with Gasteiger partial charge in [0, 0.05) is 35.1 Å². The highest BCUT2D eigenvalue weighted by Gasteiger charge is 2.35. The Kier molecular flexibility index (Phi) is 14.5. The monoisotopic (exact) mass is 589 g/mol. The van der Waals surface area contributed by atoms with Gasteiger partial charge in [-0.3, -0.25) is 4.79 Å². The summed E-state index contributed by atoms with van der Waals surface area (Å²) in [6, 6.07) is 8.21. The Morgan fingerprint density at radius 3 is 2.18 bits per heavy atom. The molecule has 3 unspecified atom stereocenters. The van der Waals surface area contributed by atoms with E-state index < -0.39 is 23.3 Å². The summed E-state index contributed by atoms with van der Waals surface area (Å²) in [7, 11) is 3.70. The molecule has 2 aromatic carbocycles. The van der Waals surface area contributed by atoms with Crippen molar-refractivity contribution in [2.75, 3.05) is 25.6 Å². The Morgan fingerprint density at radius 1 is 1.15 bits per heavy atom. The lowest BCUT2D eigenvalue weighted by Gasteiger charge is -2.28. The van der Waals surface area contributed by atoms with Gasteiger partial charge in [0.05, 0.1) is 18.8 Å². The number of thiocarbonyl (C=S) groups is 1. The van der Waals surface area contributed by atoms with Crippen molar-refractivity contribution in [1.29, 1.82) is 0 Å². The third kappa shape index (κ3) is 11.1. The second-order valence-electron chi connectivity index (χ2n) is 9.25. The standard InChI is InChI=1S/C21H24F4NO2PS.C5H8O.C3H8/c1-4-27-17-7-5-6-14(18(17)20(2,22)29)19(28-10-11-30)15-12-13(21(23,24)25)8-9-16(15)26-3;1-4(6)5-2-3-5;1-3-2/h5-9,11-12,19,26H,4,10,29H2,1-3H3;5H,2-3H2,1H3;3H2,1-2H3. The summed E-state index contributed by atoms with van der Waals surface area (Å²) in [5.41, 5.74) is 0.353. The molecule has 0 aromatic heterocycles. The number of nitrogens with one attached hydrogen (secondary N) is 1. The van der Waals surface area contributed by atoms with Crippen LogP contribution in [0.5, 0.6) is 5.75 Å². The Balaban J connectivity index is 0.000000718. The lowest BCUT2D eigenvalue weighted by Crippen LogP contribution is -2.19. The zero-order valence-electron chi connectivity index (χ0n) is 23.5. The third-order valence-electron chi connectivity index (χ3n) is 5.54. The van der Waals surface area contributed by atoms with Crippen molar-refractivity contribution in [3.05, 3.63) is 58.7 Å². The Morgan fingerprint density at radius 2 is 1.77 bits per heavy atom. The van der Waals surface area contributed by atoms with E-state index in [4.69, 9.17) is 21.7 Å². The minimum absolute atomic E-state index is 0.0163. The number of ether oxygens (including phenoxy) is 2. The van der Waals surface area contributed by atoms with Crippen molar-refractivity contribution in [2.24, 2.45) is 5.92 Å². The van der Waals surface area contributed by atoms with Crippen LogP contribution in [0.4, 0.5) is 23.2 Å². The number of carbonyl (C=O) groups excluding carboxylic acids is 1. The van der Waals surface area contributed by atoms with Crippen LogP contribution >= 0.6 is 21.5 Å². The first-order valence-corrected chi connectivity index (χ1v) is 14.0. The van der Waals surface area contributed by atoms with E-state index in [1.165, 1.54) is 24.8 Å². The highest BCUT2D eigenvalue weighted by atomic mass is 32.1. The maximum absolute atomic E-state index is 15.2. The molecule has 0 saturated heterocycles. The molecule has 3 atom stereocenters. The summed E-state index contributed by atoms with van der Waals surface area (Å²) >= 11 is 4.84. The van der Waals surface area contributed by atoms with Crippen LogP contribution in [0.2, 0.25) is 0 Å². The minimum atomic E-state index is -4.54. The molecule has 2 aromatic rings. The van der Waals surface area contributed by atoms with Gasteiger partial charge >= 0.3 is 6.18 Å². The molecule has 3 rings (SSSR count). The second kappa shape index (κ2) is 16.2. The first kappa shape index (κ1) is 34.9.